The fraction of sp³-hybridized carbons (Fsp3) is 0.524. The van der Waals surface area contributed by atoms with Gasteiger partial charge in [0.15, 0.2) is 5.82 Å². The van der Waals surface area contributed by atoms with Crippen LogP contribution in [0, 0.1) is 11.7 Å². The average Bonchev–Trinajstić information content (AvgIpc) is 3.16. The molecule has 0 bridgehead atoms. The van der Waals surface area contributed by atoms with Crippen LogP contribution < -0.4 is 4.90 Å². The minimum absolute atomic E-state index is 0.236. The van der Waals surface area contributed by atoms with Gasteiger partial charge >= 0.3 is 12.1 Å². The highest BCUT2D eigenvalue weighted by atomic mass is 19.4. The van der Waals surface area contributed by atoms with Crippen LogP contribution in [0.3, 0.4) is 0 Å². The van der Waals surface area contributed by atoms with Crippen LogP contribution in [-0.4, -0.2) is 64.1 Å². The molecule has 2 aromatic rings. The van der Waals surface area contributed by atoms with E-state index in [0.717, 1.165) is 38.0 Å². The minimum Gasteiger partial charge on any atom is -0.475 e. The Hall–Kier alpha value is -2.86. The first-order chi connectivity index (χ1) is 15.7. The Balaban J connectivity index is 0.000000383. The third-order valence-electron chi connectivity index (χ3n) is 5.53. The van der Waals surface area contributed by atoms with Crippen molar-refractivity contribution >= 4 is 11.9 Å². The number of hydrogen-bond acceptors (Lipinski definition) is 7. The molecule has 33 heavy (non-hydrogen) atoms. The van der Waals surface area contributed by atoms with Crippen LogP contribution in [0.5, 0.6) is 0 Å². The van der Waals surface area contributed by atoms with Crippen molar-refractivity contribution in [3.8, 4) is 0 Å². The van der Waals surface area contributed by atoms with Crippen LogP contribution in [0.2, 0.25) is 0 Å². The Morgan fingerprint density at radius 3 is 2.64 bits per heavy atom. The van der Waals surface area contributed by atoms with Crippen LogP contribution in [0.25, 0.3) is 0 Å². The number of hydrogen-bond donors (Lipinski definition) is 1. The Morgan fingerprint density at radius 1 is 1.27 bits per heavy atom. The second kappa shape index (κ2) is 10.8. The zero-order valence-corrected chi connectivity index (χ0v) is 17.7. The lowest BCUT2D eigenvalue weighted by molar-refractivity contribution is -0.192. The van der Waals surface area contributed by atoms with Gasteiger partial charge in [-0.25, -0.2) is 19.2 Å². The van der Waals surface area contributed by atoms with E-state index in [-0.39, 0.29) is 5.60 Å². The number of carbonyl (C=O) groups is 1. The number of alkyl halides is 3. The van der Waals surface area contributed by atoms with Gasteiger partial charge in [0.05, 0.1) is 50.1 Å². The van der Waals surface area contributed by atoms with Crippen molar-refractivity contribution in [1.29, 1.82) is 0 Å². The molecule has 1 spiro atoms. The van der Waals surface area contributed by atoms with Crippen LogP contribution in [-0.2, 0) is 20.9 Å². The minimum atomic E-state index is -5.08. The predicted octanol–water partition coefficient (Wildman–Crippen LogP) is 3.24. The van der Waals surface area contributed by atoms with Crippen molar-refractivity contribution in [2.75, 3.05) is 31.2 Å². The average molecular weight is 472 g/mol. The van der Waals surface area contributed by atoms with Gasteiger partial charge in [-0.3, -0.25) is 4.98 Å². The largest absolute Gasteiger partial charge is 0.490 e. The van der Waals surface area contributed by atoms with Crippen molar-refractivity contribution in [2.24, 2.45) is 5.92 Å². The molecule has 1 saturated carbocycles. The summed E-state index contributed by atoms with van der Waals surface area (Å²) in [5.41, 5.74) is 0.700. The number of ether oxygens (including phenoxy) is 2. The molecule has 0 unspecified atom stereocenters. The molecule has 0 aromatic carbocycles. The summed E-state index contributed by atoms with van der Waals surface area (Å²) in [5, 5.41) is 7.12. The highest BCUT2D eigenvalue weighted by Gasteiger charge is 2.47. The van der Waals surface area contributed by atoms with Gasteiger partial charge in [0, 0.05) is 18.7 Å². The van der Waals surface area contributed by atoms with Crippen molar-refractivity contribution < 1.29 is 36.9 Å². The predicted molar refractivity (Wildman–Crippen MR) is 108 cm³/mol. The number of morpholine rings is 1. The monoisotopic (exact) mass is 472 g/mol. The Kier molecular flexibility index (Phi) is 8.14. The second-order valence-corrected chi connectivity index (χ2v) is 7.76. The van der Waals surface area contributed by atoms with Gasteiger partial charge in [0.1, 0.15) is 0 Å². The van der Waals surface area contributed by atoms with Crippen LogP contribution >= 0.6 is 0 Å². The molecule has 1 aliphatic carbocycles. The molecule has 2 fully saturated rings. The number of pyridine rings is 1. The summed E-state index contributed by atoms with van der Waals surface area (Å²) >= 11 is 0. The normalized spacial score (nSPS) is 22.7. The van der Waals surface area contributed by atoms with Crippen molar-refractivity contribution in [3.63, 3.8) is 0 Å². The first-order valence-corrected chi connectivity index (χ1v) is 10.3. The fourth-order valence-corrected chi connectivity index (χ4v) is 3.98. The Morgan fingerprint density at radius 2 is 2.00 bits per heavy atom. The van der Waals surface area contributed by atoms with Gasteiger partial charge in [0.2, 0.25) is 5.95 Å². The Labute approximate surface area is 187 Å². The molecule has 2 aliphatic rings. The zero-order valence-electron chi connectivity index (χ0n) is 17.7. The summed E-state index contributed by atoms with van der Waals surface area (Å²) < 4.78 is 57.0. The molecule has 1 saturated heterocycles. The summed E-state index contributed by atoms with van der Waals surface area (Å²) in [6.45, 7) is 3.22. The number of carboxylic acid groups (broad SMARTS) is 1. The van der Waals surface area contributed by atoms with E-state index in [9.17, 15) is 17.6 Å². The maximum atomic E-state index is 13.1. The molecule has 180 valence electrons. The number of halogens is 4. The van der Waals surface area contributed by atoms with Gasteiger partial charge in [-0.05, 0) is 25.0 Å². The number of anilines is 1. The number of rotatable bonds is 5. The standard InChI is InChI=1S/C19H23FN4O2.C2HF3O2/c20-16-10-22-18(23-11-16)24-8-9-26-19(14-24)6-3-4-15(19)12-25-13-17-5-1-2-7-21-17;3-2(4,5)1(6)7/h1-2,5,7,10-11,15H,3-4,6,8-9,12-14H2;(H,6,7)/t15-,19-;/m1./s1. The van der Waals surface area contributed by atoms with Crippen LogP contribution in [0.1, 0.15) is 25.0 Å². The third-order valence-corrected chi connectivity index (χ3v) is 5.53. The van der Waals surface area contributed by atoms with Crippen molar-refractivity contribution in [1.82, 2.24) is 15.0 Å². The molecule has 4 rings (SSSR count). The van der Waals surface area contributed by atoms with Gasteiger partial charge in [-0.15, -0.1) is 0 Å². The molecule has 2 atom stereocenters. The number of carboxylic acids is 1. The van der Waals surface area contributed by atoms with Gasteiger partial charge in [0.25, 0.3) is 0 Å². The molecule has 0 radical (unpaired) electrons. The molecule has 3 heterocycles. The van der Waals surface area contributed by atoms with E-state index in [4.69, 9.17) is 19.4 Å². The highest BCUT2D eigenvalue weighted by Crippen LogP contribution is 2.41. The van der Waals surface area contributed by atoms with Crippen LogP contribution in [0.4, 0.5) is 23.5 Å². The summed E-state index contributed by atoms with van der Waals surface area (Å²) in [6.07, 6.45) is 2.33. The summed E-state index contributed by atoms with van der Waals surface area (Å²) in [6, 6.07) is 5.83. The third kappa shape index (κ3) is 6.81. The van der Waals surface area contributed by atoms with E-state index in [1.54, 1.807) is 6.20 Å². The van der Waals surface area contributed by atoms with E-state index >= 15 is 0 Å². The van der Waals surface area contributed by atoms with Gasteiger partial charge in [-0.2, -0.15) is 13.2 Å². The molecule has 0 amide bonds. The maximum absolute atomic E-state index is 13.1. The lowest BCUT2D eigenvalue weighted by atomic mass is 9.89. The summed E-state index contributed by atoms with van der Waals surface area (Å²) in [4.78, 5) is 23.5. The zero-order chi connectivity index (χ0) is 23.9. The molecular formula is C21H24F4N4O4. The van der Waals surface area contributed by atoms with E-state index in [1.807, 2.05) is 18.2 Å². The highest BCUT2D eigenvalue weighted by molar-refractivity contribution is 5.73. The van der Waals surface area contributed by atoms with Crippen LogP contribution in [0.15, 0.2) is 36.8 Å². The smallest absolute Gasteiger partial charge is 0.475 e. The van der Waals surface area contributed by atoms with Gasteiger partial charge < -0.3 is 19.5 Å². The summed E-state index contributed by atoms with van der Waals surface area (Å²) in [5.74, 6) is -2.28. The number of aliphatic carboxylic acids is 1. The van der Waals surface area contributed by atoms with E-state index in [0.29, 0.717) is 31.7 Å². The number of nitrogens with zero attached hydrogens (tertiary/aromatic N) is 4. The first-order valence-electron chi connectivity index (χ1n) is 10.3. The molecule has 2 aromatic heterocycles. The molecular weight excluding hydrogens is 448 g/mol. The lowest BCUT2D eigenvalue weighted by Crippen LogP contribution is -2.55. The number of aromatic nitrogens is 3. The van der Waals surface area contributed by atoms with Crippen molar-refractivity contribution in [3.05, 3.63) is 48.3 Å². The van der Waals surface area contributed by atoms with Crippen molar-refractivity contribution in [2.45, 2.75) is 37.6 Å². The fourth-order valence-electron chi connectivity index (χ4n) is 3.98. The SMILES string of the molecule is Fc1cnc(N2CCO[C@]3(CCC[C@@H]3COCc3ccccn3)C2)nc1.O=C(O)C(F)(F)F. The summed E-state index contributed by atoms with van der Waals surface area (Å²) in [7, 11) is 0. The Bertz CT molecular complexity index is 901. The second-order valence-electron chi connectivity index (χ2n) is 7.76. The molecule has 1 N–H and O–H groups in total. The quantitative estimate of drug-likeness (QED) is 0.663. The molecule has 12 heteroatoms. The maximum Gasteiger partial charge on any atom is 0.490 e. The van der Waals surface area contributed by atoms with Gasteiger partial charge in [-0.1, -0.05) is 12.5 Å². The lowest BCUT2D eigenvalue weighted by Gasteiger charge is -2.44. The molecule has 1 aliphatic heterocycles. The molecule has 8 nitrogen and oxygen atoms in total. The van der Waals surface area contributed by atoms with E-state index in [2.05, 4.69) is 19.9 Å². The van der Waals surface area contributed by atoms with E-state index in [1.165, 1.54) is 12.4 Å². The van der Waals surface area contributed by atoms with E-state index < -0.39 is 18.0 Å². The first kappa shape index (κ1) is 24.8. The topological polar surface area (TPSA) is 97.7 Å².